The second kappa shape index (κ2) is 9.37. The van der Waals surface area contributed by atoms with E-state index in [0.717, 1.165) is 24.8 Å². The van der Waals surface area contributed by atoms with Crippen LogP contribution < -0.4 is 11.4 Å². The number of nitrogen functional groups attached to an aromatic ring is 1. The van der Waals surface area contributed by atoms with Gasteiger partial charge >= 0.3 is 23.8 Å². The molecule has 0 aliphatic carbocycles. The van der Waals surface area contributed by atoms with Crippen LogP contribution in [0.25, 0.3) is 11.2 Å². The van der Waals surface area contributed by atoms with Gasteiger partial charge in [0.1, 0.15) is 17.7 Å². The zero-order valence-electron chi connectivity index (χ0n) is 18.2. The lowest BCUT2D eigenvalue weighted by molar-refractivity contribution is -0.248. The minimum absolute atomic E-state index is 0.0162. The zero-order chi connectivity index (χ0) is 24.5. The van der Waals surface area contributed by atoms with Gasteiger partial charge in [-0.25, -0.2) is 14.3 Å². The molecule has 14 heteroatoms. The molecule has 1 unspecified atom stereocenters. The topological polar surface area (TPSA) is 141 Å². The average Bonchev–Trinajstić information content (AvgIpc) is 3.20. The number of carbonyl (C=O) groups is 2. The van der Waals surface area contributed by atoms with Gasteiger partial charge in [0, 0.05) is 26.8 Å². The van der Waals surface area contributed by atoms with Crippen LogP contribution in [0.2, 0.25) is 0 Å². The van der Waals surface area contributed by atoms with Crippen molar-refractivity contribution in [3.63, 3.8) is 0 Å². The lowest BCUT2D eigenvalue weighted by Gasteiger charge is -2.25. The number of hydrogen-bond acceptors (Lipinski definition) is 9. The number of rotatable bonds is 7. The van der Waals surface area contributed by atoms with Gasteiger partial charge in [0.25, 0.3) is 0 Å². The van der Waals surface area contributed by atoms with E-state index in [9.17, 15) is 27.6 Å². The molecule has 0 amide bonds. The lowest BCUT2D eigenvalue weighted by Crippen LogP contribution is -2.43. The highest BCUT2D eigenvalue weighted by atomic mass is 19.4. The van der Waals surface area contributed by atoms with Crippen molar-refractivity contribution in [2.24, 2.45) is 0 Å². The number of halogens is 3. The molecule has 0 radical (unpaired) electrons. The first-order valence-corrected chi connectivity index (χ1v) is 10.2. The van der Waals surface area contributed by atoms with Crippen molar-refractivity contribution in [2.45, 2.75) is 77.3 Å². The van der Waals surface area contributed by atoms with E-state index >= 15 is 0 Å². The Hall–Kier alpha value is -3.16. The third-order valence-electron chi connectivity index (χ3n) is 5.08. The largest absolute Gasteiger partial charge is 0.458 e. The molecule has 0 bridgehead atoms. The van der Waals surface area contributed by atoms with Crippen LogP contribution in [0.3, 0.4) is 0 Å². The van der Waals surface area contributed by atoms with E-state index in [2.05, 4.69) is 14.7 Å². The summed E-state index contributed by atoms with van der Waals surface area (Å²) in [6, 6.07) is 0. The van der Waals surface area contributed by atoms with Crippen LogP contribution in [0.1, 0.15) is 46.3 Å². The van der Waals surface area contributed by atoms with Gasteiger partial charge in [0.2, 0.25) is 12.1 Å². The van der Waals surface area contributed by atoms with Crippen molar-refractivity contribution in [3.8, 4) is 0 Å². The van der Waals surface area contributed by atoms with Gasteiger partial charge in [0.05, 0.1) is 6.20 Å². The van der Waals surface area contributed by atoms with E-state index in [1.54, 1.807) is 0 Å². The van der Waals surface area contributed by atoms with E-state index in [1.165, 1.54) is 10.8 Å². The number of fused-ring (bicyclic) bond motifs is 1. The van der Waals surface area contributed by atoms with Gasteiger partial charge in [-0.1, -0.05) is 13.3 Å². The molecule has 4 atom stereocenters. The molecule has 2 aromatic rings. The molecule has 0 aromatic carbocycles. The van der Waals surface area contributed by atoms with E-state index < -0.39 is 54.8 Å². The predicted molar refractivity (Wildman–Crippen MR) is 107 cm³/mol. The number of esters is 2. The Kier molecular flexibility index (Phi) is 6.95. The first-order chi connectivity index (χ1) is 15.4. The van der Waals surface area contributed by atoms with Crippen LogP contribution >= 0.6 is 0 Å². The number of aryl methyl sites for hydroxylation is 1. The highest BCUT2D eigenvalue weighted by Gasteiger charge is 2.54. The number of aromatic nitrogens is 4. The third-order valence-corrected chi connectivity index (χ3v) is 5.08. The van der Waals surface area contributed by atoms with E-state index in [4.69, 9.17) is 15.2 Å². The SMILES string of the molecule is CCCCn1c(=O)n([C@@H]2O[C@H](C(OC(C)=O)C(F)(F)F)C[C@H]2OC(C)=O)c2nc(N)ncc21. The molecule has 1 aliphatic heterocycles. The number of anilines is 1. The molecule has 3 rings (SSSR count). The van der Waals surface area contributed by atoms with Crippen molar-refractivity contribution < 1.29 is 37.0 Å². The quantitative estimate of drug-likeness (QED) is 0.592. The van der Waals surface area contributed by atoms with E-state index in [0.29, 0.717) is 18.5 Å². The average molecular weight is 475 g/mol. The Bertz CT molecular complexity index is 1100. The van der Waals surface area contributed by atoms with Crippen molar-refractivity contribution in [2.75, 3.05) is 5.73 Å². The fourth-order valence-electron chi connectivity index (χ4n) is 3.77. The van der Waals surface area contributed by atoms with E-state index in [-0.39, 0.29) is 11.6 Å². The van der Waals surface area contributed by atoms with Gasteiger partial charge in [0.15, 0.2) is 11.9 Å². The van der Waals surface area contributed by atoms with Gasteiger partial charge in [-0.15, -0.1) is 0 Å². The van der Waals surface area contributed by atoms with Crippen LogP contribution in [0.15, 0.2) is 11.0 Å². The van der Waals surface area contributed by atoms with Crippen molar-refractivity contribution in [3.05, 3.63) is 16.7 Å². The summed E-state index contributed by atoms with van der Waals surface area (Å²) in [6.45, 7) is 4.12. The number of hydrogen-bond donors (Lipinski definition) is 1. The highest BCUT2D eigenvalue weighted by Crippen LogP contribution is 2.39. The molecule has 3 heterocycles. The third kappa shape index (κ3) is 5.10. The Morgan fingerprint density at radius 1 is 1.33 bits per heavy atom. The Labute approximate surface area is 185 Å². The number of ether oxygens (including phenoxy) is 3. The fourth-order valence-corrected chi connectivity index (χ4v) is 3.77. The molecule has 0 saturated carbocycles. The number of imidazole rings is 1. The first-order valence-electron chi connectivity index (χ1n) is 10.2. The molecule has 2 aromatic heterocycles. The van der Waals surface area contributed by atoms with Crippen molar-refractivity contribution in [1.82, 2.24) is 19.1 Å². The molecular formula is C19H24F3N5O6. The number of nitrogens with zero attached hydrogens (tertiary/aromatic N) is 4. The maximum atomic E-state index is 13.6. The summed E-state index contributed by atoms with van der Waals surface area (Å²) < 4.78 is 58.4. The number of nitrogens with two attached hydrogens (primary N) is 1. The van der Waals surface area contributed by atoms with Crippen LogP contribution in [-0.2, 0) is 30.3 Å². The predicted octanol–water partition coefficient (Wildman–Crippen LogP) is 1.69. The van der Waals surface area contributed by atoms with Gasteiger partial charge in [-0.3, -0.25) is 14.2 Å². The number of alkyl halides is 3. The molecule has 182 valence electrons. The van der Waals surface area contributed by atoms with Crippen molar-refractivity contribution >= 4 is 29.1 Å². The van der Waals surface area contributed by atoms with Gasteiger partial charge in [-0.2, -0.15) is 18.2 Å². The van der Waals surface area contributed by atoms with Gasteiger partial charge < -0.3 is 19.9 Å². The Balaban J connectivity index is 2.12. The summed E-state index contributed by atoms with van der Waals surface area (Å²) in [7, 11) is 0. The maximum absolute atomic E-state index is 13.6. The van der Waals surface area contributed by atoms with Gasteiger partial charge in [-0.05, 0) is 6.42 Å². The highest BCUT2D eigenvalue weighted by molar-refractivity contribution is 5.72. The van der Waals surface area contributed by atoms with Crippen LogP contribution in [0, 0.1) is 0 Å². The molecule has 33 heavy (non-hydrogen) atoms. The summed E-state index contributed by atoms with van der Waals surface area (Å²) in [6.07, 6.45) is -9.81. The molecule has 11 nitrogen and oxygen atoms in total. The van der Waals surface area contributed by atoms with Crippen LogP contribution in [0.4, 0.5) is 19.1 Å². The first kappa shape index (κ1) is 24.5. The summed E-state index contributed by atoms with van der Waals surface area (Å²) in [5, 5.41) is 0. The second-order valence-corrected chi connectivity index (χ2v) is 7.62. The molecule has 1 fully saturated rings. The van der Waals surface area contributed by atoms with Crippen molar-refractivity contribution in [1.29, 1.82) is 0 Å². The minimum atomic E-state index is -4.96. The summed E-state index contributed by atoms with van der Waals surface area (Å²) in [5.74, 6) is -2.12. The fraction of sp³-hybridized carbons (Fsp3) is 0.632. The molecule has 1 saturated heterocycles. The number of unbranched alkanes of at least 4 members (excludes halogenated alkanes) is 1. The van der Waals surface area contributed by atoms with Crippen LogP contribution in [0.5, 0.6) is 0 Å². The zero-order valence-corrected chi connectivity index (χ0v) is 18.2. The minimum Gasteiger partial charge on any atom is -0.458 e. The Morgan fingerprint density at radius 2 is 2.03 bits per heavy atom. The monoisotopic (exact) mass is 475 g/mol. The van der Waals surface area contributed by atoms with Crippen LogP contribution in [-0.4, -0.2) is 55.5 Å². The van der Waals surface area contributed by atoms with E-state index in [1.807, 2.05) is 6.92 Å². The number of carbonyl (C=O) groups excluding carboxylic acids is 2. The summed E-state index contributed by atoms with van der Waals surface area (Å²) in [4.78, 5) is 44.2. The molecule has 0 spiro atoms. The molecule has 2 N–H and O–H groups in total. The Morgan fingerprint density at radius 3 is 2.61 bits per heavy atom. The molecular weight excluding hydrogens is 451 g/mol. The second-order valence-electron chi connectivity index (χ2n) is 7.62. The maximum Gasteiger partial charge on any atom is 0.428 e. The molecule has 1 aliphatic rings. The normalized spacial score (nSPS) is 21.8. The standard InChI is InChI=1S/C19H24F3N5O6/c1-4-5-6-26-11-8-24-17(23)25-15(11)27(18(26)30)16-13(31-9(2)28)7-12(33-16)14(19(20,21)22)32-10(3)29/h8,12-14,16H,4-7H2,1-3H3,(H2,23,24,25)/t12-,13+,14?,16+/m0/s1. The summed E-state index contributed by atoms with van der Waals surface area (Å²) >= 11 is 0. The smallest absolute Gasteiger partial charge is 0.428 e. The summed E-state index contributed by atoms with van der Waals surface area (Å²) in [5.41, 5.74) is 5.34. The lowest BCUT2D eigenvalue weighted by atomic mass is 10.1.